The number of halogens is 5. The Kier molecular flexibility index (Phi) is 9.26. The molecule has 4 aromatic rings. The highest BCUT2D eigenvalue weighted by Gasteiger charge is 2.33. The van der Waals surface area contributed by atoms with Gasteiger partial charge in [-0.2, -0.15) is 5.26 Å². The Labute approximate surface area is 284 Å². The van der Waals surface area contributed by atoms with E-state index in [4.69, 9.17) is 51.4 Å². The second-order valence-corrected chi connectivity index (χ2v) is 12.7. The number of pyridine rings is 3. The van der Waals surface area contributed by atoms with Crippen molar-refractivity contribution >= 4 is 69.0 Å². The summed E-state index contributed by atoms with van der Waals surface area (Å²) in [7, 11) is 0. The van der Waals surface area contributed by atoms with Gasteiger partial charge < -0.3 is 14.9 Å². The van der Waals surface area contributed by atoms with Gasteiger partial charge in [0, 0.05) is 37.3 Å². The monoisotopic (exact) mass is 702 g/mol. The second-order valence-electron chi connectivity index (χ2n) is 11.2. The summed E-state index contributed by atoms with van der Waals surface area (Å²) in [5.74, 6) is -2.26. The molecule has 0 unspecified atom stereocenters. The van der Waals surface area contributed by atoms with Gasteiger partial charge in [-0.1, -0.05) is 66.8 Å². The number of nitrogens with zero attached hydrogens (tertiary/aromatic N) is 6. The zero-order valence-corrected chi connectivity index (χ0v) is 28.2. The van der Waals surface area contributed by atoms with Gasteiger partial charge in [-0.25, -0.2) is 9.37 Å². The molecule has 0 bridgehead atoms. The first-order valence-corrected chi connectivity index (χ1v) is 15.6. The number of aromatic hydroxyl groups is 1. The molecule has 0 saturated carbocycles. The van der Waals surface area contributed by atoms with Crippen LogP contribution in [0.25, 0.3) is 28.0 Å². The zero-order valence-electron chi connectivity index (χ0n) is 25.1. The van der Waals surface area contributed by atoms with Crippen molar-refractivity contribution in [3.63, 3.8) is 0 Å². The van der Waals surface area contributed by atoms with Crippen LogP contribution >= 0.6 is 46.4 Å². The van der Waals surface area contributed by atoms with Gasteiger partial charge in [0.15, 0.2) is 5.82 Å². The lowest BCUT2D eigenvalue weighted by atomic mass is 10.0. The molecule has 14 heteroatoms. The molecule has 3 aromatic heterocycles. The topological polar surface area (TPSA) is 115 Å². The van der Waals surface area contributed by atoms with Crippen molar-refractivity contribution in [3.8, 4) is 28.8 Å². The molecular formula is C32H27Cl4FN6O3. The number of rotatable bonds is 5. The quantitative estimate of drug-likeness (QED) is 0.131. The van der Waals surface area contributed by atoms with Crippen LogP contribution in [-0.2, 0) is 4.79 Å². The van der Waals surface area contributed by atoms with Crippen molar-refractivity contribution in [1.82, 2.24) is 19.4 Å². The number of phenolic OH excluding ortho intramolecular Hbond substituents is 1. The number of carbonyl (C=O) groups is 1. The molecule has 0 radical (unpaired) electrons. The molecular weight excluding hydrogens is 677 g/mol. The third-order valence-corrected chi connectivity index (χ3v) is 9.58. The molecule has 1 amide bonds. The lowest BCUT2D eigenvalue weighted by Crippen LogP contribution is -2.54. The number of amides is 1. The number of nitriles is 1. The van der Waals surface area contributed by atoms with Gasteiger partial charge in [0.05, 0.1) is 43.4 Å². The van der Waals surface area contributed by atoms with E-state index in [0.717, 1.165) is 0 Å². The summed E-state index contributed by atoms with van der Waals surface area (Å²) in [6.07, 6.45) is 2.86. The molecule has 1 atom stereocenters. The molecule has 0 spiro atoms. The molecule has 0 aliphatic carbocycles. The fourth-order valence-electron chi connectivity index (χ4n) is 5.81. The van der Waals surface area contributed by atoms with E-state index in [9.17, 15) is 20.0 Å². The van der Waals surface area contributed by atoms with Crippen LogP contribution in [0.4, 0.5) is 10.1 Å². The molecule has 238 valence electrons. The van der Waals surface area contributed by atoms with E-state index < -0.39 is 37.8 Å². The lowest BCUT2D eigenvalue weighted by molar-refractivity contribution is -0.128. The van der Waals surface area contributed by atoms with E-state index in [1.807, 2.05) is 25.7 Å². The number of benzene rings is 1. The summed E-state index contributed by atoms with van der Waals surface area (Å²) >= 11 is 25.1. The van der Waals surface area contributed by atoms with Gasteiger partial charge in [-0.05, 0) is 43.5 Å². The van der Waals surface area contributed by atoms with E-state index in [-0.39, 0.29) is 58.6 Å². The largest absolute Gasteiger partial charge is 0.506 e. The van der Waals surface area contributed by atoms with Gasteiger partial charge in [0.25, 0.3) is 5.56 Å². The summed E-state index contributed by atoms with van der Waals surface area (Å²) in [6.45, 7) is 11.9. The minimum Gasteiger partial charge on any atom is -0.506 e. The van der Waals surface area contributed by atoms with Crippen molar-refractivity contribution in [2.24, 2.45) is 0 Å². The number of piperazine rings is 1. The van der Waals surface area contributed by atoms with Crippen LogP contribution < -0.4 is 10.5 Å². The minimum atomic E-state index is -1.12. The predicted molar refractivity (Wildman–Crippen MR) is 179 cm³/mol. The molecule has 1 N–H and O–H groups in total. The van der Waals surface area contributed by atoms with Gasteiger partial charge >= 0.3 is 0 Å². The molecule has 9 nitrogen and oxygen atoms in total. The number of hydrogen-bond donors (Lipinski definition) is 1. The number of anilines is 1. The second kappa shape index (κ2) is 12.7. The number of carbonyl (C=O) groups excluding carboxylic acids is 1. The van der Waals surface area contributed by atoms with Crippen LogP contribution in [-0.4, -0.2) is 56.1 Å². The molecule has 1 aliphatic heterocycles. The van der Waals surface area contributed by atoms with Gasteiger partial charge in [0.2, 0.25) is 5.91 Å². The lowest BCUT2D eigenvalue weighted by Gasteiger charge is -2.41. The van der Waals surface area contributed by atoms with Crippen LogP contribution in [0.15, 0.2) is 35.8 Å². The SMILES string of the molecule is C=CC(=O)N1CCN(c2c(C#N)c(=O)n(-c3c(C)ccnc3C(C)C)c3nc(-c4c(O)c(Cl)c(Cl)c(Cl)c4F)c(Cl)cc23)C[C@H]1C. The molecule has 5 rings (SSSR count). The summed E-state index contributed by atoms with van der Waals surface area (Å²) < 4.78 is 16.9. The molecule has 46 heavy (non-hydrogen) atoms. The number of aryl methyl sites for hydroxylation is 1. The first-order chi connectivity index (χ1) is 21.7. The number of phenols is 1. The van der Waals surface area contributed by atoms with Gasteiger partial charge in [-0.3, -0.25) is 19.1 Å². The smallest absolute Gasteiger partial charge is 0.276 e. The first-order valence-electron chi connectivity index (χ1n) is 14.1. The molecule has 1 aliphatic rings. The van der Waals surface area contributed by atoms with E-state index in [0.29, 0.717) is 28.9 Å². The molecule has 1 aromatic carbocycles. The zero-order chi connectivity index (χ0) is 33.8. The highest BCUT2D eigenvalue weighted by Crippen LogP contribution is 2.48. The van der Waals surface area contributed by atoms with E-state index in [1.165, 1.54) is 16.7 Å². The van der Waals surface area contributed by atoms with E-state index >= 15 is 4.39 Å². The number of aromatic nitrogens is 3. The van der Waals surface area contributed by atoms with Crippen molar-refractivity contribution < 1.29 is 14.3 Å². The van der Waals surface area contributed by atoms with Crippen molar-refractivity contribution in [1.29, 1.82) is 5.26 Å². The Bertz CT molecular complexity index is 2030. The Morgan fingerprint density at radius 1 is 1.20 bits per heavy atom. The highest BCUT2D eigenvalue weighted by molar-refractivity contribution is 6.49. The van der Waals surface area contributed by atoms with Crippen molar-refractivity contribution in [3.05, 3.63) is 84.1 Å². The summed E-state index contributed by atoms with van der Waals surface area (Å²) in [6, 6.07) is 4.95. The van der Waals surface area contributed by atoms with Crippen LogP contribution in [0.2, 0.25) is 20.1 Å². The first kappa shape index (κ1) is 33.5. The Morgan fingerprint density at radius 3 is 2.50 bits per heavy atom. The normalized spacial score (nSPS) is 15.0. The summed E-state index contributed by atoms with van der Waals surface area (Å²) in [5.41, 5.74) is 0.198. The van der Waals surface area contributed by atoms with Crippen molar-refractivity contribution in [2.45, 2.75) is 39.7 Å². The van der Waals surface area contributed by atoms with E-state index in [2.05, 4.69) is 17.6 Å². The highest BCUT2D eigenvalue weighted by atomic mass is 35.5. The fourth-order valence-corrected chi connectivity index (χ4v) is 6.65. The Hall–Kier alpha value is -3.88. The van der Waals surface area contributed by atoms with Crippen LogP contribution in [0.1, 0.15) is 43.5 Å². The Morgan fingerprint density at radius 2 is 1.89 bits per heavy atom. The van der Waals surface area contributed by atoms with Crippen molar-refractivity contribution in [2.75, 3.05) is 24.5 Å². The third-order valence-electron chi connectivity index (χ3n) is 7.99. The van der Waals surface area contributed by atoms with E-state index in [1.54, 1.807) is 24.1 Å². The fraction of sp³-hybridized carbons (Fsp3) is 0.281. The average Bonchev–Trinajstić information content (AvgIpc) is 3.02. The standard InChI is InChI=1S/C32H27Cl4FN6O3/c1-6-20(44)42-10-9-41(13-16(42)5)29-17-11-19(33)27(21-25(37)23(35)22(34)24(36)30(21)45)40-31(17)43(32(46)18(29)12-38)28-15(4)7-8-39-26(28)14(2)3/h6-8,11,14,16,45H,1,9-10,13H2,2-5H3/t16-/m1/s1. The number of hydrogen-bond acceptors (Lipinski definition) is 7. The predicted octanol–water partition coefficient (Wildman–Crippen LogP) is 7.43. The minimum absolute atomic E-state index is 0.00893. The van der Waals surface area contributed by atoms with Gasteiger partial charge in [-0.15, -0.1) is 0 Å². The maximum atomic E-state index is 15.7. The van der Waals surface area contributed by atoms with Crippen LogP contribution in [0, 0.1) is 24.1 Å². The van der Waals surface area contributed by atoms with Crippen LogP contribution in [0.3, 0.4) is 0 Å². The molecule has 1 fully saturated rings. The maximum Gasteiger partial charge on any atom is 0.276 e. The molecule has 4 heterocycles. The number of fused-ring (bicyclic) bond motifs is 1. The molecule has 1 saturated heterocycles. The Balaban J connectivity index is 1.94. The van der Waals surface area contributed by atoms with Gasteiger partial charge in [0.1, 0.15) is 28.1 Å². The average molecular weight is 704 g/mol. The third kappa shape index (κ3) is 5.35. The summed E-state index contributed by atoms with van der Waals surface area (Å²) in [5, 5.41) is 20.2. The van der Waals surface area contributed by atoms with Crippen LogP contribution in [0.5, 0.6) is 5.75 Å². The maximum absolute atomic E-state index is 15.7. The summed E-state index contributed by atoms with van der Waals surface area (Å²) in [4.78, 5) is 39.6.